The zero-order valence-corrected chi connectivity index (χ0v) is 72.7. The van der Waals surface area contributed by atoms with Crippen molar-refractivity contribution in [3.05, 3.63) is 36.2 Å². The molecule has 0 saturated heterocycles. The highest BCUT2D eigenvalue weighted by Crippen LogP contribution is 2.42. The topological polar surface area (TPSA) is 345 Å². The number of hydrogen-bond donors (Lipinski definition) is 10. The average Bonchev–Trinajstić information content (AvgIpc) is 1.80. The van der Waals surface area contributed by atoms with Gasteiger partial charge in [0.15, 0.2) is 11.4 Å². The van der Waals surface area contributed by atoms with Crippen LogP contribution in [0.5, 0.6) is 0 Å². The lowest BCUT2D eigenvalue weighted by Gasteiger charge is -2.38. The first-order valence-electron chi connectivity index (χ1n) is 41.8. The lowest BCUT2D eigenvalue weighted by atomic mass is 9.75. The maximum absolute atomic E-state index is 12.7. The van der Waals surface area contributed by atoms with E-state index in [1.165, 1.54) is 12.8 Å². The Hall–Kier alpha value is -6.14. The Labute approximate surface area is 681 Å². The Morgan fingerprint density at radius 3 is 1.04 bits per heavy atom. The second kappa shape index (κ2) is 41.5. The van der Waals surface area contributed by atoms with Crippen LogP contribution in [-0.4, -0.2) is 138 Å². The summed E-state index contributed by atoms with van der Waals surface area (Å²) < 4.78 is 103. The Bertz CT molecular complexity index is 3340. The second-order valence-electron chi connectivity index (χ2n) is 38.3. The van der Waals surface area contributed by atoms with E-state index in [0.717, 1.165) is 160 Å². The molecule has 7 unspecified atom stereocenters. The van der Waals surface area contributed by atoms with E-state index in [1.807, 2.05) is 76.2 Å². The van der Waals surface area contributed by atoms with Gasteiger partial charge in [-0.05, 0) is 264 Å². The lowest BCUT2D eigenvalue weighted by molar-refractivity contribution is -0.142. The number of alkyl halides is 6. The highest BCUT2D eigenvalue weighted by Gasteiger charge is 2.47. The van der Waals surface area contributed by atoms with Crippen molar-refractivity contribution in [3.63, 3.8) is 0 Å². The van der Waals surface area contributed by atoms with Crippen LogP contribution >= 0.6 is 12.4 Å². The fourth-order valence-electron chi connectivity index (χ4n) is 17.6. The fourth-order valence-corrected chi connectivity index (χ4v) is 17.6. The maximum Gasteiger partial charge on any atom is 0.434 e. The first-order chi connectivity index (χ1) is 52.2. The van der Waals surface area contributed by atoms with E-state index < -0.39 is 58.2 Å². The van der Waals surface area contributed by atoms with Gasteiger partial charge < -0.3 is 78.1 Å². The largest absolute Gasteiger partial charge is 0.446 e. The number of aromatic nitrogens is 4. The molecule has 19 atom stereocenters. The van der Waals surface area contributed by atoms with Gasteiger partial charge in [0.25, 0.3) is 0 Å². The van der Waals surface area contributed by atoms with Crippen molar-refractivity contribution >= 4 is 54.5 Å². The molecular formula is C83H143ClF6N14O10. The summed E-state index contributed by atoms with van der Waals surface area (Å²) in [5.74, 6) is 5.08. The number of nitrogens with zero attached hydrogens (tertiary/aromatic N) is 4. The van der Waals surface area contributed by atoms with Crippen molar-refractivity contribution in [3.8, 4) is 0 Å². The van der Waals surface area contributed by atoms with Gasteiger partial charge in [0.05, 0.1) is 59.0 Å². The molecule has 114 heavy (non-hydrogen) atoms. The highest BCUT2D eigenvalue weighted by atomic mass is 35.5. The van der Waals surface area contributed by atoms with E-state index in [0.29, 0.717) is 65.3 Å². The summed E-state index contributed by atoms with van der Waals surface area (Å²) in [5.41, 5.74) is 13.1. The monoisotopic (exact) mass is 1650 g/mol. The fraction of sp³-hybridized carbons (Fsp3) is 0.843. The van der Waals surface area contributed by atoms with Crippen molar-refractivity contribution < 1.29 is 74.0 Å². The number of carbonyl (C=O) groups is 5. The molecular weight excluding hydrogens is 1500 g/mol. The van der Waals surface area contributed by atoms with Crippen LogP contribution in [0.2, 0.25) is 0 Å². The third-order valence-electron chi connectivity index (χ3n) is 24.8. The number of anilines is 2. The summed E-state index contributed by atoms with van der Waals surface area (Å²) in [5, 5.41) is 21.1. The number of nitrogens with two attached hydrogens (primary N) is 3. The van der Waals surface area contributed by atoms with E-state index >= 15 is 0 Å². The first kappa shape index (κ1) is 98.4. The van der Waals surface area contributed by atoms with Crippen molar-refractivity contribution in [2.45, 2.75) is 392 Å². The molecule has 5 amide bonds. The molecule has 0 radical (unpaired) electrons. The minimum absolute atomic E-state index is 0. The van der Waals surface area contributed by atoms with Gasteiger partial charge >= 0.3 is 42.8 Å². The molecule has 10 rings (SSSR count). The average molecular weight is 1650 g/mol. The van der Waals surface area contributed by atoms with Crippen molar-refractivity contribution in [1.82, 2.24) is 46.5 Å². The molecule has 8 aliphatic carbocycles. The number of alkyl carbamates (subject to hydrolysis) is 5. The SMILES string of the molecule is CC(C)(C)OC(=O)NC1(C)CCCC1N.CC(C)[C@@H]1CC[C@@H](C)C[C@H]1OC(=O)NC1CCCC1(C)N.CC(C)[C@@H]1CC[C@@H](C)C[C@H]1OC(=O)NC1CCCC1(C)NC(=O)OC(C)(C)C.CC(C)[C@@H]1CC[C@@H](C)C[C@H]1OC(=O)NC1CCC[C@]1(C)Nc1cnc(C(F)(F)F)cn1.C[C@]1(Nc2cnc(C(F)(F)F)cn2)CCC[C@@H]1N.Cl. The number of amides is 5. The minimum Gasteiger partial charge on any atom is -0.446 e. The maximum atomic E-state index is 12.7. The molecule has 0 spiro atoms. The zero-order valence-electron chi connectivity index (χ0n) is 71.9. The normalized spacial score (nSPS) is 32.8. The van der Waals surface area contributed by atoms with E-state index in [-0.39, 0.29) is 102 Å². The Morgan fingerprint density at radius 1 is 0.421 bits per heavy atom. The van der Waals surface area contributed by atoms with Gasteiger partial charge in [0.1, 0.15) is 41.1 Å². The summed E-state index contributed by atoms with van der Waals surface area (Å²) in [6.07, 6.45) is 16.0. The molecule has 0 aliphatic heterocycles. The van der Waals surface area contributed by atoms with Crippen LogP contribution in [0.1, 0.15) is 304 Å². The summed E-state index contributed by atoms with van der Waals surface area (Å²) in [7, 11) is 0. The van der Waals surface area contributed by atoms with Gasteiger partial charge in [-0.1, -0.05) is 81.6 Å². The molecule has 8 saturated carbocycles. The van der Waals surface area contributed by atoms with Gasteiger partial charge in [-0.3, -0.25) is 0 Å². The minimum atomic E-state index is -4.53. The number of rotatable bonds is 15. The van der Waals surface area contributed by atoms with Crippen LogP contribution in [0.3, 0.4) is 0 Å². The Morgan fingerprint density at radius 2 is 0.728 bits per heavy atom. The van der Waals surface area contributed by atoms with E-state index in [9.17, 15) is 50.3 Å². The number of carbonyl (C=O) groups excluding carboxylic acids is 5. The molecule has 8 fully saturated rings. The van der Waals surface area contributed by atoms with Crippen molar-refractivity contribution in [2.24, 2.45) is 70.5 Å². The zero-order chi connectivity index (χ0) is 84.6. The third kappa shape index (κ3) is 30.3. The number of halogens is 7. The predicted molar refractivity (Wildman–Crippen MR) is 434 cm³/mol. The molecule has 13 N–H and O–H groups in total. The summed E-state index contributed by atoms with van der Waals surface area (Å²) in [6, 6.07) is -0.330. The number of hydrogen-bond acceptors (Lipinski definition) is 19. The Kier molecular flexibility index (Phi) is 35.8. The molecule has 2 aromatic rings. The molecule has 31 heteroatoms. The first-order valence-corrected chi connectivity index (χ1v) is 41.8. The van der Waals surface area contributed by atoms with Gasteiger partial charge in [0, 0.05) is 23.7 Å². The quantitative estimate of drug-likeness (QED) is 0.0585. The third-order valence-corrected chi connectivity index (χ3v) is 24.8. The summed E-state index contributed by atoms with van der Waals surface area (Å²) in [6.45, 7) is 40.8. The molecule has 0 bridgehead atoms. The van der Waals surface area contributed by atoms with Crippen LogP contribution in [0.15, 0.2) is 24.8 Å². The van der Waals surface area contributed by atoms with Crippen LogP contribution < -0.4 is 54.4 Å². The second-order valence-corrected chi connectivity index (χ2v) is 38.3. The lowest BCUT2D eigenvalue weighted by Crippen LogP contribution is -2.58. The number of ether oxygens (including phenoxy) is 5. The van der Waals surface area contributed by atoms with Crippen LogP contribution in [0.4, 0.5) is 62.0 Å². The summed E-state index contributed by atoms with van der Waals surface area (Å²) in [4.78, 5) is 75.9. The van der Waals surface area contributed by atoms with Crippen LogP contribution in [0, 0.1) is 53.3 Å². The molecule has 654 valence electrons. The van der Waals surface area contributed by atoms with E-state index in [4.69, 9.17) is 40.9 Å². The molecule has 0 aromatic carbocycles. The number of nitrogens with one attached hydrogen (secondary N) is 7. The standard InChI is InChI=1S/C22H33F3N4O2.C22H40N2O4.C17H32N2O2.C11H15F3N4.C11H22N2O2.ClH/c1-13(2)15-8-7-14(3)10-16(15)31-20(30)28-17-6-5-9-21(17,4)29-19-12-26-18(11-27-19)22(23,24)25;1-14(2)16-11-10-15(3)13-17(16)27-19(25)23-18-9-8-12-22(18,7)24-20(26)28-21(4,5)6;1-11(2)13-8-7-12(3)10-14(13)21-16(20)19-15-6-5-9-17(15,4)18;1-10(4-2-3-7(10)15)18-9-6-16-8(5-17-9)11(12,13)14;1-10(2,3)15-9(14)13-11(4)7-5-6-8(11)12;/h11-17H,5-10H2,1-4H3,(H,27,29)(H,28,30);14-18H,8-13H2,1-7H3,(H,23,25)(H,24,26);11-15H,5-10,18H2,1-4H3,(H,19,20);5-7H,2-4,15H2,1H3,(H,17,18);8H,5-7,12H2,1-4H3,(H,13,14);1H/t14-,15+,16-,17?,21+;15-,16+,17-,18?,22?;12-,13+,14-,15?,17?;7-,10-;;/m1110../s1. The van der Waals surface area contributed by atoms with E-state index in [1.54, 1.807) is 0 Å². The molecule has 2 aromatic heterocycles. The van der Waals surface area contributed by atoms with Crippen LogP contribution in [0.25, 0.3) is 0 Å². The predicted octanol–water partition coefficient (Wildman–Crippen LogP) is 18.2. The molecule has 2 heterocycles. The van der Waals surface area contributed by atoms with Crippen molar-refractivity contribution in [1.29, 1.82) is 0 Å². The van der Waals surface area contributed by atoms with Gasteiger partial charge in [-0.25, -0.2) is 43.9 Å². The highest BCUT2D eigenvalue weighted by molar-refractivity contribution is 5.85. The summed E-state index contributed by atoms with van der Waals surface area (Å²) >= 11 is 0. The molecule has 24 nitrogen and oxygen atoms in total. The Balaban J connectivity index is 0.000000260. The van der Waals surface area contributed by atoms with Crippen LogP contribution in [-0.2, 0) is 36.0 Å². The van der Waals surface area contributed by atoms with Gasteiger partial charge in [-0.2, -0.15) is 26.3 Å². The van der Waals surface area contributed by atoms with Crippen molar-refractivity contribution in [2.75, 3.05) is 10.6 Å². The van der Waals surface area contributed by atoms with E-state index in [2.05, 4.69) is 119 Å². The van der Waals surface area contributed by atoms with Gasteiger partial charge in [0.2, 0.25) is 0 Å². The smallest absolute Gasteiger partial charge is 0.434 e. The molecule has 8 aliphatic rings. The van der Waals surface area contributed by atoms with Gasteiger partial charge in [-0.15, -0.1) is 12.4 Å².